The molecule has 0 aliphatic carbocycles. The molecule has 4 nitrogen and oxygen atoms in total. The molecule has 1 amide bonds. The van der Waals surface area contributed by atoms with Gasteiger partial charge in [-0.05, 0) is 45.9 Å². The summed E-state index contributed by atoms with van der Waals surface area (Å²) in [7, 11) is 0. The normalized spacial score (nSPS) is 12.3. The summed E-state index contributed by atoms with van der Waals surface area (Å²) in [6.07, 6.45) is 0. The van der Waals surface area contributed by atoms with Gasteiger partial charge in [-0.15, -0.1) is 0 Å². The maximum atomic E-state index is 11.9. The van der Waals surface area contributed by atoms with Crippen molar-refractivity contribution >= 4 is 11.6 Å². The third-order valence-electron chi connectivity index (χ3n) is 2.53. The summed E-state index contributed by atoms with van der Waals surface area (Å²) < 4.78 is 5.36. The van der Waals surface area contributed by atoms with Gasteiger partial charge in [0.25, 0.3) is 5.91 Å². The average Bonchev–Trinajstić information content (AvgIpc) is 2.36. The first-order valence-corrected chi connectivity index (χ1v) is 6.78. The monoisotopic (exact) mass is 264 g/mol. The minimum atomic E-state index is -0.0453. The maximum absolute atomic E-state index is 11.9. The summed E-state index contributed by atoms with van der Waals surface area (Å²) in [6, 6.07) is 7.86. The van der Waals surface area contributed by atoms with Gasteiger partial charge < -0.3 is 15.4 Å². The summed E-state index contributed by atoms with van der Waals surface area (Å²) in [4.78, 5) is 11.9. The van der Waals surface area contributed by atoms with Crippen LogP contribution >= 0.6 is 0 Å². The lowest BCUT2D eigenvalue weighted by Gasteiger charge is -2.16. The van der Waals surface area contributed by atoms with E-state index in [2.05, 4.69) is 17.6 Å². The van der Waals surface area contributed by atoms with Gasteiger partial charge in [0.1, 0.15) is 0 Å². The van der Waals surface area contributed by atoms with E-state index in [1.807, 2.05) is 45.0 Å². The van der Waals surface area contributed by atoms with Crippen molar-refractivity contribution in [2.24, 2.45) is 0 Å². The Kier molecular flexibility index (Phi) is 6.36. The second-order valence-corrected chi connectivity index (χ2v) is 4.91. The van der Waals surface area contributed by atoms with E-state index in [4.69, 9.17) is 4.74 Å². The van der Waals surface area contributed by atoms with Gasteiger partial charge in [-0.3, -0.25) is 4.79 Å². The molecule has 0 aromatic heterocycles. The number of rotatable bonds is 7. The van der Waals surface area contributed by atoms with Crippen molar-refractivity contribution in [3.05, 3.63) is 29.8 Å². The first kappa shape index (κ1) is 15.5. The van der Waals surface area contributed by atoms with E-state index >= 15 is 0 Å². The highest BCUT2D eigenvalue weighted by Crippen LogP contribution is 2.12. The number of anilines is 1. The molecular weight excluding hydrogens is 240 g/mol. The molecule has 1 aromatic carbocycles. The summed E-state index contributed by atoms with van der Waals surface area (Å²) in [5.74, 6) is -0.0453. The number of benzene rings is 1. The van der Waals surface area contributed by atoms with Crippen molar-refractivity contribution in [1.29, 1.82) is 0 Å². The van der Waals surface area contributed by atoms with Crippen LogP contribution < -0.4 is 10.6 Å². The molecule has 2 N–H and O–H groups in total. The van der Waals surface area contributed by atoms with E-state index in [1.165, 1.54) is 0 Å². The van der Waals surface area contributed by atoms with Crippen LogP contribution in [0.4, 0.5) is 5.69 Å². The predicted octanol–water partition coefficient (Wildman–Crippen LogP) is 2.66. The van der Waals surface area contributed by atoms with Crippen molar-refractivity contribution in [2.75, 3.05) is 18.5 Å². The van der Waals surface area contributed by atoms with Gasteiger partial charge in [-0.1, -0.05) is 6.07 Å². The molecule has 0 spiro atoms. The Morgan fingerprint density at radius 3 is 2.68 bits per heavy atom. The third-order valence-corrected chi connectivity index (χ3v) is 2.53. The molecule has 1 atom stereocenters. The zero-order valence-corrected chi connectivity index (χ0v) is 12.2. The number of nitrogens with one attached hydrogen (secondary N) is 2. The molecule has 1 aromatic rings. The smallest absolute Gasteiger partial charge is 0.251 e. The number of amides is 1. The minimum absolute atomic E-state index is 0.0453. The highest BCUT2D eigenvalue weighted by molar-refractivity contribution is 5.95. The fraction of sp³-hybridized carbons (Fsp3) is 0.533. The second kappa shape index (κ2) is 7.79. The Hall–Kier alpha value is -1.55. The standard InChI is InChI=1S/C15H24N2O2/c1-5-19-10-12(4)17-14-8-6-7-13(9-14)15(18)16-11(2)3/h6-9,11-12,17H,5,10H2,1-4H3,(H,16,18). The van der Waals surface area contributed by atoms with Crippen LogP contribution in [0.15, 0.2) is 24.3 Å². The topological polar surface area (TPSA) is 50.4 Å². The number of hydrogen-bond donors (Lipinski definition) is 2. The van der Waals surface area contributed by atoms with Crippen LogP contribution in [0.2, 0.25) is 0 Å². The molecule has 0 aliphatic heterocycles. The van der Waals surface area contributed by atoms with Crippen LogP contribution in [-0.2, 0) is 4.74 Å². The molecule has 0 heterocycles. The lowest BCUT2D eigenvalue weighted by molar-refractivity contribution is 0.0943. The molecule has 0 saturated carbocycles. The molecule has 1 unspecified atom stereocenters. The van der Waals surface area contributed by atoms with Crippen LogP contribution in [0, 0.1) is 0 Å². The lowest BCUT2D eigenvalue weighted by Crippen LogP contribution is -2.30. The average molecular weight is 264 g/mol. The van der Waals surface area contributed by atoms with Crippen molar-refractivity contribution in [3.63, 3.8) is 0 Å². The lowest BCUT2D eigenvalue weighted by atomic mass is 10.1. The van der Waals surface area contributed by atoms with Crippen LogP contribution in [0.3, 0.4) is 0 Å². The van der Waals surface area contributed by atoms with Gasteiger partial charge in [0.2, 0.25) is 0 Å². The molecule has 4 heteroatoms. The van der Waals surface area contributed by atoms with Gasteiger partial charge in [0.05, 0.1) is 6.61 Å². The Morgan fingerprint density at radius 2 is 2.05 bits per heavy atom. The van der Waals surface area contributed by atoms with E-state index in [0.717, 1.165) is 5.69 Å². The van der Waals surface area contributed by atoms with Crippen LogP contribution in [0.5, 0.6) is 0 Å². The summed E-state index contributed by atoms with van der Waals surface area (Å²) in [5.41, 5.74) is 1.60. The van der Waals surface area contributed by atoms with Gasteiger partial charge in [0.15, 0.2) is 0 Å². The largest absolute Gasteiger partial charge is 0.380 e. The Balaban J connectivity index is 2.63. The molecule has 19 heavy (non-hydrogen) atoms. The fourth-order valence-electron chi connectivity index (χ4n) is 1.72. The SMILES string of the molecule is CCOCC(C)Nc1cccc(C(=O)NC(C)C)c1. The zero-order chi connectivity index (χ0) is 14.3. The van der Waals surface area contributed by atoms with E-state index in [-0.39, 0.29) is 18.0 Å². The molecule has 0 saturated heterocycles. The Morgan fingerprint density at radius 1 is 1.32 bits per heavy atom. The first-order valence-electron chi connectivity index (χ1n) is 6.78. The summed E-state index contributed by atoms with van der Waals surface area (Å²) >= 11 is 0. The molecule has 0 radical (unpaired) electrons. The zero-order valence-electron chi connectivity index (χ0n) is 12.2. The maximum Gasteiger partial charge on any atom is 0.251 e. The van der Waals surface area contributed by atoms with Gasteiger partial charge in [-0.2, -0.15) is 0 Å². The number of ether oxygens (including phenoxy) is 1. The molecule has 0 fully saturated rings. The molecule has 106 valence electrons. The van der Waals surface area contributed by atoms with Crippen molar-refractivity contribution in [1.82, 2.24) is 5.32 Å². The first-order chi connectivity index (χ1) is 9.02. The number of carbonyl (C=O) groups is 1. The van der Waals surface area contributed by atoms with E-state index < -0.39 is 0 Å². The van der Waals surface area contributed by atoms with Crippen molar-refractivity contribution in [2.45, 2.75) is 39.8 Å². The number of carbonyl (C=O) groups excluding carboxylic acids is 1. The van der Waals surface area contributed by atoms with E-state index in [1.54, 1.807) is 0 Å². The molecular formula is C15H24N2O2. The molecule has 1 rings (SSSR count). The second-order valence-electron chi connectivity index (χ2n) is 4.91. The summed E-state index contributed by atoms with van der Waals surface area (Å²) in [5, 5.41) is 6.20. The fourth-order valence-corrected chi connectivity index (χ4v) is 1.72. The molecule has 0 bridgehead atoms. The quantitative estimate of drug-likeness (QED) is 0.796. The van der Waals surface area contributed by atoms with Crippen molar-refractivity contribution < 1.29 is 9.53 Å². The highest BCUT2D eigenvalue weighted by Gasteiger charge is 2.08. The predicted molar refractivity (Wildman–Crippen MR) is 78.6 cm³/mol. The summed E-state index contributed by atoms with van der Waals surface area (Å²) in [6.45, 7) is 9.29. The van der Waals surface area contributed by atoms with E-state index in [9.17, 15) is 4.79 Å². The van der Waals surface area contributed by atoms with Crippen LogP contribution in [0.1, 0.15) is 38.1 Å². The minimum Gasteiger partial charge on any atom is -0.380 e. The van der Waals surface area contributed by atoms with Gasteiger partial charge in [0, 0.05) is 29.9 Å². The van der Waals surface area contributed by atoms with Gasteiger partial charge >= 0.3 is 0 Å². The third kappa shape index (κ3) is 5.75. The Bertz CT molecular complexity index is 405. The van der Waals surface area contributed by atoms with Crippen LogP contribution in [-0.4, -0.2) is 31.2 Å². The van der Waals surface area contributed by atoms with E-state index in [0.29, 0.717) is 18.8 Å². The van der Waals surface area contributed by atoms with Crippen LogP contribution in [0.25, 0.3) is 0 Å². The number of hydrogen-bond acceptors (Lipinski definition) is 3. The highest BCUT2D eigenvalue weighted by atomic mass is 16.5. The van der Waals surface area contributed by atoms with Gasteiger partial charge in [-0.25, -0.2) is 0 Å². The van der Waals surface area contributed by atoms with Crippen molar-refractivity contribution in [3.8, 4) is 0 Å². The Labute approximate surface area is 115 Å². The molecule has 0 aliphatic rings.